The van der Waals surface area contributed by atoms with E-state index in [0.29, 0.717) is 26.2 Å². The van der Waals surface area contributed by atoms with Gasteiger partial charge in [-0.3, -0.25) is 9.59 Å². The maximum absolute atomic E-state index is 14.4. The maximum Gasteiger partial charge on any atom is 0.396 e. The number of alkyl halides is 4. The van der Waals surface area contributed by atoms with Crippen LogP contribution < -0.4 is 20.4 Å². The van der Waals surface area contributed by atoms with E-state index in [0.717, 1.165) is 11.4 Å². The SMILES string of the molecule is CCN(CC)c1ccc(NC(=O)C(F)(F)C(F)(F)C(=O)Nc2ccc(N(CC)CC)cc2)cc1. The number of anilines is 4. The Morgan fingerprint density at radius 3 is 1.12 bits per heavy atom. The van der Waals surface area contributed by atoms with Gasteiger partial charge >= 0.3 is 23.7 Å². The highest BCUT2D eigenvalue weighted by Gasteiger charge is 2.67. The molecular formula is C24H30F4N4O2. The summed E-state index contributed by atoms with van der Waals surface area (Å²) in [5, 5.41) is 3.54. The predicted octanol–water partition coefficient (Wildman–Crippen LogP) is 5.23. The Morgan fingerprint density at radius 2 is 0.882 bits per heavy atom. The van der Waals surface area contributed by atoms with E-state index in [4.69, 9.17) is 0 Å². The molecule has 0 aliphatic rings. The molecule has 0 unspecified atom stereocenters. The van der Waals surface area contributed by atoms with Crippen LogP contribution in [0.5, 0.6) is 0 Å². The van der Waals surface area contributed by atoms with Gasteiger partial charge in [-0.05, 0) is 76.2 Å². The van der Waals surface area contributed by atoms with Crippen LogP contribution in [0, 0.1) is 0 Å². The Morgan fingerprint density at radius 1 is 0.618 bits per heavy atom. The van der Waals surface area contributed by atoms with Crippen molar-refractivity contribution in [2.45, 2.75) is 39.5 Å². The molecule has 0 heterocycles. The summed E-state index contributed by atoms with van der Waals surface area (Å²) in [5.74, 6) is -15.1. The lowest BCUT2D eigenvalue weighted by Gasteiger charge is -2.25. The summed E-state index contributed by atoms with van der Waals surface area (Å²) < 4.78 is 57.5. The largest absolute Gasteiger partial charge is 0.396 e. The van der Waals surface area contributed by atoms with Gasteiger partial charge in [0.1, 0.15) is 0 Å². The Balaban J connectivity index is 2.11. The first kappa shape index (κ1) is 26.9. The summed E-state index contributed by atoms with van der Waals surface area (Å²) in [6.45, 7) is 10.6. The fourth-order valence-electron chi connectivity index (χ4n) is 3.39. The van der Waals surface area contributed by atoms with Crippen molar-refractivity contribution in [3.63, 3.8) is 0 Å². The van der Waals surface area contributed by atoms with E-state index in [9.17, 15) is 27.2 Å². The van der Waals surface area contributed by atoms with E-state index in [1.807, 2.05) is 37.5 Å². The third kappa shape index (κ3) is 5.78. The smallest absolute Gasteiger partial charge is 0.372 e. The molecule has 0 radical (unpaired) electrons. The molecule has 0 aliphatic carbocycles. The molecule has 0 saturated carbocycles. The van der Waals surface area contributed by atoms with Gasteiger partial charge in [0.2, 0.25) is 0 Å². The summed E-state index contributed by atoms with van der Waals surface area (Å²) in [7, 11) is 0. The molecule has 2 N–H and O–H groups in total. The minimum absolute atomic E-state index is 0.0937. The monoisotopic (exact) mass is 482 g/mol. The molecule has 34 heavy (non-hydrogen) atoms. The number of halogens is 4. The zero-order valence-corrected chi connectivity index (χ0v) is 19.7. The molecule has 2 rings (SSSR count). The molecule has 0 saturated heterocycles. The second-order valence-electron chi connectivity index (χ2n) is 7.50. The summed E-state index contributed by atoms with van der Waals surface area (Å²) in [5.41, 5.74) is 1.38. The molecule has 0 fully saturated rings. The number of carbonyl (C=O) groups excluding carboxylic acids is 2. The fourth-order valence-corrected chi connectivity index (χ4v) is 3.39. The zero-order chi connectivity index (χ0) is 25.5. The molecule has 2 aromatic rings. The standard InChI is InChI=1S/C24H30F4N4O2/c1-5-31(6-2)19-13-9-17(10-14-19)29-21(33)23(25,26)24(27,28)22(34)30-18-11-15-20(16-12-18)32(7-3)8-4/h9-16H,5-8H2,1-4H3,(H,29,33)(H,30,34). The Labute approximate surface area is 196 Å². The van der Waals surface area contributed by atoms with Crippen LogP contribution >= 0.6 is 0 Å². The van der Waals surface area contributed by atoms with Crippen LogP contribution in [0.2, 0.25) is 0 Å². The summed E-state index contributed by atoms with van der Waals surface area (Å²) >= 11 is 0. The quantitative estimate of drug-likeness (QED) is 0.431. The van der Waals surface area contributed by atoms with Crippen LogP contribution in [0.1, 0.15) is 27.7 Å². The van der Waals surface area contributed by atoms with Gasteiger partial charge in [0.05, 0.1) is 0 Å². The number of nitrogens with zero attached hydrogens (tertiary/aromatic N) is 2. The van der Waals surface area contributed by atoms with Gasteiger partial charge in [-0.2, -0.15) is 17.6 Å². The Bertz CT molecular complexity index is 878. The molecule has 0 aliphatic heterocycles. The highest BCUT2D eigenvalue weighted by atomic mass is 19.3. The summed E-state index contributed by atoms with van der Waals surface area (Å²) in [4.78, 5) is 28.0. The van der Waals surface area contributed by atoms with Crippen molar-refractivity contribution in [3.8, 4) is 0 Å². The van der Waals surface area contributed by atoms with Gasteiger partial charge in [0, 0.05) is 48.9 Å². The molecule has 2 amide bonds. The lowest BCUT2D eigenvalue weighted by atomic mass is 10.1. The zero-order valence-electron chi connectivity index (χ0n) is 19.7. The normalized spacial score (nSPS) is 11.6. The Hall–Kier alpha value is -3.30. The number of hydrogen-bond acceptors (Lipinski definition) is 4. The first-order chi connectivity index (χ1) is 16.0. The molecule has 2 aromatic carbocycles. The van der Waals surface area contributed by atoms with Crippen LogP contribution in [0.3, 0.4) is 0 Å². The van der Waals surface area contributed by atoms with E-state index in [1.54, 1.807) is 34.9 Å². The van der Waals surface area contributed by atoms with Crippen molar-refractivity contribution in [3.05, 3.63) is 48.5 Å². The van der Waals surface area contributed by atoms with Gasteiger partial charge in [0.15, 0.2) is 0 Å². The van der Waals surface area contributed by atoms with Gasteiger partial charge in [-0.15, -0.1) is 0 Å². The van der Waals surface area contributed by atoms with E-state index in [1.165, 1.54) is 24.3 Å². The first-order valence-electron chi connectivity index (χ1n) is 11.1. The third-order valence-corrected chi connectivity index (χ3v) is 5.47. The molecule has 10 heteroatoms. The molecule has 0 bridgehead atoms. The molecular weight excluding hydrogens is 452 g/mol. The molecule has 0 spiro atoms. The molecule has 186 valence electrons. The van der Waals surface area contributed by atoms with Crippen molar-refractivity contribution in [1.82, 2.24) is 0 Å². The number of nitrogens with one attached hydrogen (secondary N) is 2. The molecule has 6 nitrogen and oxygen atoms in total. The maximum atomic E-state index is 14.4. The number of hydrogen-bond donors (Lipinski definition) is 2. The molecule has 0 aromatic heterocycles. The van der Waals surface area contributed by atoms with E-state index < -0.39 is 23.7 Å². The average Bonchev–Trinajstić information content (AvgIpc) is 2.82. The van der Waals surface area contributed by atoms with Crippen molar-refractivity contribution in [2.75, 3.05) is 46.6 Å². The van der Waals surface area contributed by atoms with E-state index >= 15 is 0 Å². The van der Waals surface area contributed by atoms with Crippen molar-refractivity contribution >= 4 is 34.6 Å². The fraction of sp³-hybridized carbons (Fsp3) is 0.417. The predicted molar refractivity (Wildman–Crippen MR) is 127 cm³/mol. The van der Waals surface area contributed by atoms with E-state index in [2.05, 4.69) is 0 Å². The second kappa shape index (κ2) is 11.2. The van der Waals surface area contributed by atoms with Crippen LogP contribution in [0.4, 0.5) is 40.3 Å². The van der Waals surface area contributed by atoms with Gasteiger partial charge in [-0.1, -0.05) is 0 Å². The van der Waals surface area contributed by atoms with Crippen LogP contribution in [0.15, 0.2) is 48.5 Å². The van der Waals surface area contributed by atoms with Gasteiger partial charge in [0.25, 0.3) is 0 Å². The van der Waals surface area contributed by atoms with Gasteiger partial charge < -0.3 is 20.4 Å². The highest BCUT2D eigenvalue weighted by molar-refractivity contribution is 6.05. The number of rotatable bonds is 11. The highest BCUT2D eigenvalue weighted by Crippen LogP contribution is 2.36. The van der Waals surface area contributed by atoms with Crippen molar-refractivity contribution < 1.29 is 27.2 Å². The van der Waals surface area contributed by atoms with Gasteiger partial charge in [-0.25, -0.2) is 0 Å². The minimum atomic E-state index is -5.28. The Kier molecular flexibility index (Phi) is 8.89. The molecule has 0 atom stereocenters. The second-order valence-corrected chi connectivity index (χ2v) is 7.50. The van der Waals surface area contributed by atoms with Crippen LogP contribution in [-0.2, 0) is 9.59 Å². The first-order valence-corrected chi connectivity index (χ1v) is 11.1. The van der Waals surface area contributed by atoms with Crippen molar-refractivity contribution in [1.29, 1.82) is 0 Å². The number of carbonyl (C=O) groups is 2. The number of amides is 2. The topological polar surface area (TPSA) is 64.7 Å². The summed E-state index contributed by atoms with van der Waals surface area (Å²) in [6, 6.07) is 11.6. The average molecular weight is 483 g/mol. The third-order valence-electron chi connectivity index (χ3n) is 5.47. The van der Waals surface area contributed by atoms with Crippen LogP contribution in [0.25, 0.3) is 0 Å². The van der Waals surface area contributed by atoms with E-state index in [-0.39, 0.29) is 11.4 Å². The van der Waals surface area contributed by atoms with Crippen LogP contribution in [-0.4, -0.2) is 49.8 Å². The summed E-state index contributed by atoms with van der Waals surface area (Å²) in [6.07, 6.45) is 0. The lowest BCUT2D eigenvalue weighted by molar-refractivity contribution is -0.204. The number of benzene rings is 2. The lowest BCUT2D eigenvalue weighted by Crippen LogP contribution is -2.56. The minimum Gasteiger partial charge on any atom is -0.372 e. The van der Waals surface area contributed by atoms with Crippen molar-refractivity contribution in [2.24, 2.45) is 0 Å².